The lowest BCUT2D eigenvalue weighted by molar-refractivity contribution is 0.124. The molecule has 3 heteroatoms. The van der Waals surface area contributed by atoms with Gasteiger partial charge in [0.25, 0.3) is 0 Å². The van der Waals surface area contributed by atoms with Crippen LogP contribution >= 0.6 is 0 Å². The zero-order valence-electron chi connectivity index (χ0n) is 11.8. The molecule has 0 aliphatic heterocycles. The number of rotatable bonds is 8. The van der Waals surface area contributed by atoms with Crippen LogP contribution in [0, 0.1) is 0 Å². The molecule has 0 radical (unpaired) electrons. The number of fused-ring (bicyclic) bond motifs is 1. The summed E-state index contributed by atoms with van der Waals surface area (Å²) in [5.74, 6) is 0. The fraction of sp³-hybridized carbons (Fsp3) is 0.500. The van der Waals surface area contributed by atoms with Crippen molar-refractivity contribution >= 4 is 10.9 Å². The summed E-state index contributed by atoms with van der Waals surface area (Å²) in [6.45, 7) is 5.45. The summed E-state index contributed by atoms with van der Waals surface area (Å²) in [7, 11) is 0. The van der Waals surface area contributed by atoms with Crippen molar-refractivity contribution in [2.45, 2.75) is 32.7 Å². The molecule has 19 heavy (non-hydrogen) atoms. The third kappa shape index (κ3) is 3.82. The van der Waals surface area contributed by atoms with Gasteiger partial charge in [0.2, 0.25) is 0 Å². The monoisotopic (exact) mass is 260 g/mol. The Kier molecular flexibility index (Phi) is 5.43. The molecule has 2 N–H and O–H groups in total. The van der Waals surface area contributed by atoms with Gasteiger partial charge in [0.05, 0.1) is 6.61 Å². The number of benzene rings is 1. The smallest absolute Gasteiger partial charge is 0.0645 e. The number of hydrogen-bond acceptors (Lipinski definition) is 2. The maximum Gasteiger partial charge on any atom is 0.0645 e. The minimum atomic E-state index is 0.701. The summed E-state index contributed by atoms with van der Waals surface area (Å²) in [5, 5.41) is 1.29. The molecule has 0 bridgehead atoms. The first-order valence-electron chi connectivity index (χ1n) is 7.20. The molecule has 0 saturated carbocycles. The number of hydrogen-bond donors (Lipinski definition) is 1. The molecule has 3 nitrogen and oxygen atoms in total. The van der Waals surface area contributed by atoms with E-state index in [-0.39, 0.29) is 0 Å². The van der Waals surface area contributed by atoms with Gasteiger partial charge in [0, 0.05) is 24.9 Å². The van der Waals surface area contributed by atoms with Gasteiger partial charge >= 0.3 is 0 Å². The lowest BCUT2D eigenvalue weighted by Gasteiger charge is -2.07. The van der Waals surface area contributed by atoms with Gasteiger partial charge in [0.15, 0.2) is 0 Å². The van der Waals surface area contributed by atoms with Gasteiger partial charge in [-0.15, -0.1) is 0 Å². The zero-order chi connectivity index (χ0) is 13.5. The fourth-order valence-corrected chi connectivity index (χ4v) is 2.26. The average Bonchev–Trinajstić information content (AvgIpc) is 2.82. The summed E-state index contributed by atoms with van der Waals surface area (Å²) in [5.41, 5.74) is 8.21. The predicted octanol–water partition coefficient (Wildman–Crippen LogP) is 2.96. The van der Waals surface area contributed by atoms with E-state index in [1.165, 1.54) is 22.9 Å². The summed E-state index contributed by atoms with van der Waals surface area (Å²) >= 11 is 0. The number of ether oxygens (including phenoxy) is 1. The normalized spacial score (nSPS) is 11.3. The first-order chi connectivity index (χ1) is 9.35. The van der Waals surface area contributed by atoms with Crippen LogP contribution in [0.4, 0.5) is 0 Å². The minimum Gasteiger partial charge on any atom is -0.380 e. The first-order valence-corrected chi connectivity index (χ1v) is 7.20. The van der Waals surface area contributed by atoms with E-state index in [0.717, 1.165) is 32.6 Å². The SMILES string of the molecule is CCCCOCCn1ccc2ccc(CCN)cc21. The average molecular weight is 260 g/mol. The summed E-state index contributed by atoms with van der Waals surface area (Å²) in [4.78, 5) is 0. The second-order valence-corrected chi connectivity index (χ2v) is 4.91. The van der Waals surface area contributed by atoms with E-state index in [9.17, 15) is 0 Å². The van der Waals surface area contributed by atoms with Crippen LogP contribution in [0.2, 0.25) is 0 Å². The molecule has 0 saturated heterocycles. The van der Waals surface area contributed by atoms with Crippen LogP contribution in [0.5, 0.6) is 0 Å². The van der Waals surface area contributed by atoms with E-state index in [1.807, 2.05) is 0 Å². The molecule has 1 aromatic carbocycles. The van der Waals surface area contributed by atoms with Crippen LogP contribution < -0.4 is 5.73 Å². The standard InChI is InChI=1S/C16H24N2O/c1-2-3-11-19-12-10-18-9-7-15-5-4-14(6-8-17)13-16(15)18/h4-5,7,9,13H,2-3,6,8,10-12,17H2,1H3. The number of aromatic nitrogens is 1. The van der Waals surface area contributed by atoms with Crippen LogP contribution in [0.15, 0.2) is 30.5 Å². The molecular formula is C16H24N2O. The highest BCUT2D eigenvalue weighted by atomic mass is 16.5. The van der Waals surface area contributed by atoms with Crippen LogP contribution in [0.1, 0.15) is 25.3 Å². The second kappa shape index (κ2) is 7.31. The third-order valence-electron chi connectivity index (χ3n) is 3.39. The first kappa shape index (κ1) is 14.1. The van der Waals surface area contributed by atoms with Crippen molar-refractivity contribution in [2.75, 3.05) is 19.8 Å². The molecular weight excluding hydrogens is 236 g/mol. The highest BCUT2D eigenvalue weighted by molar-refractivity contribution is 5.80. The van der Waals surface area contributed by atoms with E-state index in [4.69, 9.17) is 10.5 Å². The third-order valence-corrected chi connectivity index (χ3v) is 3.39. The van der Waals surface area contributed by atoms with Crippen LogP contribution in [0.3, 0.4) is 0 Å². The van der Waals surface area contributed by atoms with Gasteiger partial charge in [-0.05, 0) is 42.5 Å². The fourth-order valence-electron chi connectivity index (χ4n) is 2.26. The Morgan fingerprint density at radius 1 is 1.21 bits per heavy atom. The van der Waals surface area contributed by atoms with Gasteiger partial charge < -0.3 is 15.0 Å². The Bertz CT molecular complexity index is 504. The minimum absolute atomic E-state index is 0.701. The van der Waals surface area contributed by atoms with Crippen LogP contribution in [0.25, 0.3) is 10.9 Å². The van der Waals surface area contributed by atoms with E-state index < -0.39 is 0 Å². The van der Waals surface area contributed by atoms with Crippen molar-refractivity contribution in [3.05, 3.63) is 36.0 Å². The van der Waals surface area contributed by atoms with Crippen LogP contribution in [-0.2, 0) is 17.7 Å². The Morgan fingerprint density at radius 3 is 2.89 bits per heavy atom. The predicted molar refractivity (Wildman–Crippen MR) is 80.4 cm³/mol. The topological polar surface area (TPSA) is 40.2 Å². The van der Waals surface area contributed by atoms with Crippen molar-refractivity contribution in [2.24, 2.45) is 5.73 Å². The van der Waals surface area contributed by atoms with E-state index in [1.54, 1.807) is 0 Å². The summed E-state index contributed by atoms with van der Waals surface area (Å²) in [6, 6.07) is 8.74. The molecule has 0 aliphatic carbocycles. The van der Waals surface area contributed by atoms with Gasteiger partial charge in [-0.3, -0.25) is 0 Å². The number of unbranched alkanes of at least 4 members (excludes halogenated alkanes) is 1. The molecule has 1 aromatic heterocycles. The maximum atomic E-state index is 5.63. The molecule has 0 unspecified atom stereocenters. The van der Waals surface area contributed by atoms with Gasteiger partial charge in [-0.2, -0.15) is 0 Å². The highest BCUT2D eigenvalue weighted by Gasteiger charge is 2.02. The Labute approximate surface area is 115 Å². The zero-order valence-corrected chi connectivity index (χ0v) is 11.8. The summed E-state index contributed by atoms with van der Waals surface area (Å²) < 4.78 is 7.90. The Morgan fingerprint density at radius 2 is 2.11 bits per heavy atom. The molecule has 0 spiro atoms. The lowest BCUT2D eigenvalue weighted by Crippen LogP contribution is -2.06. The van der Waals surface area contributed by atoms with E-state index >= 15 is 0 Å². The van der Waals surface area contributed by atoms with Crippen molar-refractivity contribution < 1.29 is 4.74 Å². The number of nitrogens with two attached hydrogens (primary N) is 1. The van der Waals surface area contributed by atoms with Crippen molar-refractivity contribution in [3.8, 4) is 0 Å². The molecule has 2 rings (SSSR count). The number of nitrogens with zero attached hydrogens (tertiary/aromatic N) is 1. The molecule has 0 aliphatic rings. The summed E-state index contributed by atoms with van der Waals surface area (Å²) in [6.07, 6.45) is 5.41. The Balaban J connectivity index is 1.99. The van der Waals surface area contributed by atoms with E-state index in [0.29, 0.717) is 6.54 Å². The molecule has 0 atom stereocenters. The highest BCUT2D eigenvalue weighted by Crippen LogP contribution is 2.18. The molecule has 2 aromatic rings. The largest absolute Gasteiger partial charge is 0.380 e. The lowest BCUT2D eigenvalue weighted by atomic mass is 10.1. The van der Waals surface area contributed by atoms with Gasteiger partial charge in [-0.25, -0.2) is 0 Å². The van der Waals surface area contributed by atoms with Crippen molar-refractivity contribution in [3.63, 3.8) is 0 Å². The van der Waals surface area contributed by atoms with Gasteiger partial charge in [-0.1, -0.05) is 25.5 Å². The maximum absolute atomic E-state index is 5.63. The molecule has 104 valence electrons. The van der Waals surface area contributed by atoms with E-state index in [2.05, 4.69) is 42.0 Å². The Hall–Kier alpha value is -1.32. The van der Waals surface area contributed by atoms with Crippen molar-refractivity contribution in [1.29, 1.82) is 0 Å². The molecule has 1 heterocycles. The van der Waals surface area contributed by atoms with Gasteiger partial charge in [0.1, 0.15) is 0 Å². The van der Waals surface area contributed by atoms with Crippen molar-refractivity contribution in [1.82, 2.24) is 4.57 Å². The quantitative estimate of drug-likeness (QED) is 0.741. The van der Waals surface area contributed by atoms with Crippen LogP contribution in [-0.4, -0.2) is 24.3 Å². The second-order valence-electron chi connectivity index (χ2n) is 4.91. The molecule has 0 fully saturated rings. The molecule has 0 amide bonds.